The van der Waals surface area contributed by atoms with Crippen molar-refractivity contribution in [3.8, 4) is 0 Å². The van der Waals surface area contributed by atoms with E-state index in [4.69, 9.17) is 11.6 Å². The van der Waals surface area contributed by atoms with Gasteiger partial charge in [-0.1, -0.05) is 48.4 Å². The Morgan fingerprint density at radius 2 is 1.77 bits per heavy atom. The average Bonchev–Trinajstić information content (AvgIpc) is 2.56. The molecule has 0 fully saturated rings. The summed E-state index contributed by atoms with van der Waals surface area (Å²) in [6, 6.07) is 8.04. The maximum atomic E-state index is 14.3. The van der Waals surface area contributed by atoms with Gasteiger partial charge in [0.25, 0.3) is 0 Å². The van der Waals surface area contributed by atoms with Crippen LogP contribution < -0.4 is 10.4 Å². The quantitative estimate of drug-likeness (QED) is 0.746. The first-order valence-corrected chi connectivity index (χ1v) is 8.40. The number of hydrogen-bond donors (Lipinski definition) is 0. The summed E-state index contributed by atoms with van der Waals surface area (Å²) in [6.07, 6.45) is 7.51. The largest absolute Gasteiger partial charge is 0.205 e. The van der Waals surface area contributed by atoms with Crippen LogP contribution in [0.3, 0.4) is 0 Å². The third-order valence-electron chi connectivity index (χ3n) is 5.08. The second-order valence-electron chi connectivity index (χ2n) is 6.16. The van der Waals surface area contributed by atoms with Gasteiger partial charge >= 0.3 is 0 Å². The summed E-state index contributed by atoms with van der Waals surface area (Å²) in [4.78, 5) is 0. The second-order valence-corrected chi connectivity index (χ2v) is 6.57. The Kier molecular flexibility index (Phi) is 3.34. The van der Waals surface area contributed by atoms with Crippen molar-refractivity contribution in [2.75, 3.05) is 0 Å². The Balaban J connectivity index is 2.19. The van der Waals surface area contributed by atoms with Crippen molar-refractivity contribution < 1.29 is 4.39 Å². The van der Waals surface area contributed by atoms with Crippen LogP contribution >= 0.6 is 11.6 Å². The van der Waals surface area contributed by atoms with Crippen molar-refractivity contribution >= 4 is 23.3 Å². The molecule has 112 valence electrons. The summed E-state index contributed by atoms with van der Waals surface area (Å²) in [7, 11) is 0. The molecule has 0 amide bonds. The van der Waals surface area contributed by atoms with E-state index in [2.05, 4.69) is 19.1 Å². The minimum absolute atomic E-state index is 0.206. The molecule has 2 heteroatoms. The van der Waals surface area contributed by atoms with Crippen LogP contribution in [0.4, 0.5) is 4.39 Å². The molecule has 0 unspecified atom stereocenters. The molecular weight excluding hydrogens is 295 g/mol. The van der Waals surface area contributed by atoms with Crippen LogP contribution in [0.1, 0.15) is 37.3 Å². The van der Waals surface area contributed by atoms with E-state index in [-0.39, 0.29) is 10.8 Å². The summed E-state index contributed by atoms with van der Waals surface area (Å²) in [5, 5.41) is 4.48. The fourth-order valence-corrected chi connectivity index (χ4v) is 4.15. The Hall–Kier alpha value is -1.60. The van der Waals surface area contributed by atoms with Gasteiger partial charge in [0.05, 0.1) is 5.02 Å². The lowest BCUT2D eigenvalue weighted by atomic mass is 9.85. The normalized spacial score (nSPS) is 15.7. The van der Waals surface area contributed by atoms with Gasteiger partial charge < -0.3 is 0 Å². The Morgan fingerprint density at radius 3 is 2.59 bits per heavy atom. The number of rotatable bonds is 1. The van der Waals surface area contributed by atoms with Gasteiger partial charge in [-0.15, -0.1) is 0 Å². The molecule has 0 aliphatic heterocycles. The third kappa shape index (κ3) is 1.95. The van der Waals surface area contributed by atoms with Crippen LogP contribution in [-0.2, 0) is 12.8 Å². The molecule has 2 aliphatic rings. The molecular formula is C20H18ClF. The Morgan fingerprint density at radius 1 is 1.00 bits per heavy atom. The molecule has 0 bridgehead atoms. The number of benzene rings is 2. The standard InChI is InChI=1S/C20H18ClF/c1-2-12-4-3-5-14-13(12)6-7-16-15(14)8-9-18-17(16)10-11-19(21)20(18)22/h6-7,9-11H,2-5,8H2,1H3. The predicted octanol–water partition coefficient (Wildman–Crippen LogP) is 4.00. The zero-order valence-corrected chi connectivity index (χ0v) is 13.4. The molecule has 0 saturated heterocycles. The molecule has 0 spiro atoms. The first-order chi connectivity index (χ1) is 10.7. The topological polar surface area (TPSA) is 0 Å². The van der Waals surface area contributed by atoms with Crippen LogP contribution in [0, 0.1) is 16.3 Å². The molecule has 0 atom stereocenters. The Labute approximate surface area is 134 Å². The zero-order chi connectivity index (χ0) is 15.3. The van der Waals surface area contributed by atoms with E-state index in [0.29, 0.717) is 5.22 Å². The molecule has 22 heavy (non-hydrogen) atoms. The lowest BCUT2D eigenvalue weighted by Gasteiger charge is -2.20. The van der Waals surface area contributed by atoms with Gasteiger partial charge in [-0.3, -0.25) is 0 Å². The summed E-state index contributed by atoms with van der Waals surface area (Å²) in [5.41, 5.74) is 4.44. The monoisotopic (exact) mass is 312 g/mol. The Bertz CT molecular complexity index is 986. The summed E-state index contributed by atoms with van der Waals surface area (Å²) < 4.78 is 14.3. The molecule has 0 saturated carbocycles. The molecule has 0 aromatic heterocycles. The SMILES string of the molecule is CCC1=c2ccc3c(c2CCC1)CC=c1c(F)c(Cl)ccc1=3. The molecule has 0 N–H and O–H groups in total. The van der Waals surface area contributed by atoms with E-state index in [1.807, 2.05) is 12.1 Å². The highest BCUT2D eigenvalue weighted by molar-refractivity contribution is 6.30. The minimum atomic E-state index is -0.289. The maximum Gasteiger partial charge on any atom is 0.149 e. The van der Waals surface area contributed by atoms with Crippen molar-refractivity contribution in [1.29, 1.82) is 0 Å². The fraction of sp³-hybridized carbons (Fsp3) is 0.300. The fourth-order valence-electron chi connectivity index (χ4n) is 3.98. The van der Waals surface area contributed by atoms with Gasteiger partial charge in [0, 0.05) is 5.22 Å². The van der Waals surface area contributed by atoms with E-state index < -0.39 is 0 Å². The van der Waals surface area contributed by atoms with Crippen LogP contribution in [0.5, 0.6) is 0 Å². The van der Waals surface area contributed by atoms with E-state index >= 15 is 0 Å². The highest BCUT2D eigenvalue weighted by atomic mass is 35.5. The predicted molar refractivity (Wildman–Crippen MR) is 89.6 cm³/mol. The molecule has 2 aromatic carbocycles. The van der Waals surface area contributed by atoms with E-state index in [0.717, 1.165) is 24.5 Å². The van der Waals surface area contributed by atoms with E-state index in [9.17, 15) is 4.39 Å². The minimum Gasteiger partial charge on any atom is -0.205 e. The van der Waals surface area contributed by atoms with Crippen molar-refractivity contribution in [2.24, 2.45) is 0 Å². The molecule has 0 heterocycles. The smallest absolute Gasteiger partial charge is 0.149 e. The number of halogens is 2. The summed E-state index contributed by atoms with van der Waals surface area (Å²) >= 11 is 5.93. The van der Waals surface area contributed by atoms with Crippen molar-refractivity contribution in [3.63, 3.8) is 0 Å². The maximum absolute atomic E-state index is 14.3. The summed E-state index contributed by atoms with van der Waals surface area (Å²) in [5.74, 6) is -0.289. The molecule has 4 rings (SSSR count). The van der Waals surface area contributed by atoms with Gasteiger partial charge in [0.2, 0.25) is 0 Å². The third-order valence-corrected chi connectivity index (χ3v) is 5.37. The van der Waals surface area contributed by atoms with Crippen LogP contribution in [0.2, 0.25) is 5.02 Å². The first kappa shape index (κ1) is 14.0. The average molecular weight is 313 g/mol. The molecule has 0 nitrogen and oxygen atoms in total. The van der Waals surface area contributed by atoms with Gasteiger partial charge in [-0.25, -0.2) is 4.39 Å². The molecule has 0 radical (unpaired) electrons. The van der Waals surface area contributed by atoms with Crippen LogP contribution in [-0.4, -0.2) is 0 Å². The first-order valence-electron chi connectivity index (χ1n) is 8.02. The van der Waals surface area contributed by atoms with Gasteiger partial charge in [0.1, 0.15) is 5.82 Å². The van der Waals surface area contributed by atoms with Crippen LogP contribution in [0.25, 0.3) is 11.6 Å². The lowest BCUT2D eigenvalue weighted by Crippen LogP contribution is -2.23. The van der Waals surface area contributed by atoms with Crippen molar-refractivity contribution in [2.45, 2.75) is 39.0 Å². The van der Waals surface area contributed by atoms with Crippen molar-refractivity contribution in [3.05, 3.63) is 67.1 Å². The van der Waals surface area contributed by atoms with Crippen LogP contribution in [0.15, 0.2) is 24.3 Å². The van der Waals surface area contributed by atoms with Gasteiger partial charge in [0.15, 0.2) is 0 Å². The lowest BCUT2D eigenvalue weighted by molar-refractivity contribution is 0.617. The second kappa shape index (κ2) is 5.24. The van der Waals surface area contributed by atoms with Gasteiger partial charge in [-0.2, -0.15) is 0 Å². The summed E-state index contributed by atoms with van der Waals surface area (Å²) in [6.45, 7) is 2.24. The van der Waals surface area contributed by atoms with E-state index in [1.54, 1.807) is 11.6 Å². The van der Waals surface area contributed by atoms with Gasteiger partial charge in [-0.05, 0) is 65.0 Å². The van der Waals surface area contributed by atoms with E-state index in [1.165, 1.54) is 34.4 Å². The molecule has 2 aromatic rings. The van der Waals surface area contributed by atoms with Crippen molar-refractivity contribution in [1.82, 2.24) is 0 Å². The zero-order valence-electron chi connectivity index (χ0n) is 12.7. The number of hydrogen-bond acceptors (Lipinski definition) is 0. The molecule has 2 aliphatic carbocycles. The highest BCUT2D eigenvalue weighted by Gasteiger charge is 2.16. The highest BCUT2D eigenvalue weighted by Crippen LogP contribution is 2.23. The number of fused-ring (bicyclic) bond motifs is 4.